The Bertz CT molecular complexity index is 5330. The Kier molecular flexibility index (Phi) is 37.7. The van der Waals surface area contributed by atoms with Crippen molar-refractivity contribution in [2.24, 2.45) is 23.5 Å². The van der Waals surface area contributed by atoms with E-state index in [-0.39, 0.29) is 97.4 Å². The summed E-state index contributed by atoms with van der Waals surface area (Å²) in [6.07, 6.45) is 7.78. The predicted molar refractivity (Wildman–Crippen MR) is 459 cm³/mol. The number of nitrogens with one attached hydrogen (secondary N) is 2. The maximum atomic E-state index is 13.8. The van der Waals surface area contributed by atoms with Crippen molar-refractivity contribution < 1.29 is 83.6 Å². The summed E-state index contributed by atoms with van der Waals surface area (Å²) in [4.78, 5) is 113. The van der Waals surface area contributed by atoms with E-state index in [1.807, 2.05) is 24.3 Å². The van der Waals surface area contributed by atoms with Crippen molar-refractivity contribution in [3.05, 3.63) is 308 Å². The number of aliphatic carboxylic acids is 2. The number of likely N-dealkylation sites (N-methyl/N-ethyl adjacent to an activating group) is 1. The number of aryl methyl sites for hydroxylation is 1. The lowest BCUT2D eigenvalue weighted by Crippen LogP contribution is -2.43. The molecule has 0 saturated carbocycles. The van der Waals surface area contributed by atoms with Crippen LogP contribution in [0.4, 0.5) is 52.2 Å². The van der Waals surface area contributed by atoms with E-state index in [4.69, 9.17) is 67.1 Å². The summed E-state index contributed by atoms with van der Waals surface area (Å²) in [6, 6.07) is 39.3. The monoisotopic (exact) mass is 1780 g/mol. The minimum atomic E-state index is -0.977. The number of nitrogens with zero attached hydrogens (tertiary/aromatic N) is 5. The SMILES string of the molecule is CCc1ccc(Cl)cc1.CN(C(=O)[C@@H](CC(=O)Cn1[nH]c(=O)c2c1CCCC2)Cc1cc(F)cc(F)c1)c1ccc(Cl)cc1.CN(C(=O)[C@@H](CC(=O)OC(C)(C)C)Cc1cc(F)cc(F)c1)c1ccc(Cl)cc1.CN(C(=O)[C@@H](N)Cc1cc(F)cc(F)c1)c1ccc(Cl)cc1.C[C@@H](Cc1cc(F)cc(F)c1)C(=O)O.O=C(O)Cn1[nH]c(=O)c2c1CCCC2. The largest absolute Gasteiger partial charge is 0.481 e. The van der Waals surface area contributed by atoms with Crippen molar-refractivity contribution in [2.45, 2.75) is 156 Å². The molecule has 0 bridgehead atoms. The molecule has 0 radical (unpaired) electrons. The number of aromatic nitrogens is 4. The van der Waals surface area contributed by atoms with E-state index in [1.165, 1.54) is 44.0 Å². The first-order valence-electron chi connectivity index (χ1n) is 39.2. The van der Waals surface area contributed by atoms with Crippen LogP contribution in [0.25, 0.3) is 0 Å². The summed E-state index contributed by atoms with van der Waals surface area (Å²) >= 11 is 23.3. The molecule has 6 N–H and O–H groups in total. The molecule has 0 aliphatic heterocycles. The quantitative estimate of drug-likeness (QED) is 0.0278. The molecule has 123 heavy (non-hydrogen) atoms. The second kappa shape index (κ2) is 46.9. The number of carboxylic acids is 2. The lowest BCUT2D eigenvalue weighted by molar-refractivity contribution is -0.157. The molecule has 0 saturated heterocycles. The number of hydrogen-bond donors (Lipinski definition) is 5. The Morgan fingerprint density at radius 1 is 0.447 bits per heavy atom. The number of ether oxygens (including phenoxy) is 1. The molecular formula is C91H96Cl4F8N8O12. The van der Waals surface area contributed by atoms with Crippen LogP contribution in [0.3, 0.4) is 0 Å². The van der Waals surface area contributed by atoms with Crippen LogP contribution in [0.2, 0.25) is 20.1 Å². The highest BCUT2D eigenvalue weighted by Crippen LogP contribution is 2.29. The molecule has 8 aromatic carbocycles. The Morgan fingerprint density at radius 3 is 1.09 bits per heavy atom. The normalized spacial score (nSPS) is 12.9. The number of rotatable bonds is 24. The summed E-state index contributed by atoms with van der Waals surface area (Å²) in [7, 11) is 4.73. The van der Waals surface area contributed by atoms with Crippen molar-refractivity contribution in [1.82, 2.24) is 19.6 Å². The fraction of sp³-hybridized carbons (Fsp3) is 0.330. The zero-order valence-corrected chi connectivity index (χ0v) is 71.8. The average Bonchev–Trinajstić information content (AvgIpc) is 1.67. The summed E-state index contributed by atoms with van der Waals surface area (Å²) in [5.74, 6) is -11.9. The molecule has 656 valence electrons. The molecule has 20 nitrogen and oxygen atoms in total. The van der Waals surface area contributed by atoms with Gasteiger partial charge in [-0.2, -0.15) is 0 Å². The number of carbonyl (C=O) groups excluding carboxylic acids is 5. The van der Waals surface area contributed by atoms with Gasteiger partial charge in [-0.1, -0.05) is 72.4 Å². The van der Waals surface area contributed by atoms with Crippen molar-refractivity contribution in [3.63, 3.8) is 0 Å². The van der Waals surface area contributed by atoms with Gasteiger partial charge >= 0.3 is 17.9 Å². The number of amides is 3. The van der Waals surface area contributed by atoms with Crippen LogP contribution in [0.1, 0.15) is 123 Å². The highest BCUT2D eigenvalue weighted by Gasteiger charge is 2.32. The third kappa shape index (κ3) is 32.2. The average molecular weight is 1790 g/mol. The third-order valence-corrected chi connectivity index (χ3v) is 20.5. The summed E-state index contributed by atoms with van der Waals surface area (Å²) in [5, 5.41) is 24.9. The Labute approximate surface area is 726 Å². The van der Waals surface area contributed by atoms with Crippen LogP contribution < -0.4 is 31.6 Å². The number of carbonyl (C=O) groups is 7. The molecular weight excluding hydrogens is 1690 g/mol. The summed E-state index contributed by atoms with van der Waals surface area (Å²) < 4.78 is 115. The van der Waals surface area contributed by atoms with Crippen LogP contribution in [0.15, 0.2) is 179 Å². The second-order valence-electron chi connectivity index (χ2n) is 30.5. The van der Waals surface area contributed by atoms with Crippen LogP contribution in [0, 0.1) is 64.3 Å². The van der Waals surface area contributed by atoms with Crippen molar-refractivity contribution in [2.75, 3.05) is 35.8 Å². The van der Waals surface area contributed by atoms with E-state index in [1.54, 1.807) is 119 Å². The van der Waals surface area contributed by atoms with Gasteiger partial charge in [0.1, 0.15) is 58.7 Å². The first-order valence-corrected chi connectivity index (χ1v) is 40.7. The minimum absolute atomic E-state index is 0.00924. The van der Waals surface area contributed by atoms with Gasteiger partial charge in [-0.05, 0) is 266 Å². The number of hydrogen-bond acceptors (Lipinski definition) is 11. The second-order valence-corrected chi connectivity index (χ2v) is 32.3. The predicted octanol–water partition coefficient (Wildman–Crippen LogP) is 18.1. The fourth-order valence-electron chi connectivity index (χ4n) is 13.5. The Balaban J connectivity index is 0.000000213. The number of carboxylic acid groups (broad SMARTS) is 2. The van der Waals surface area contributed by atoms with Gasteiger partial charge < -0.3 is 35.4 Å². The zero-order chi connectivity index (χ0) is 90.7. The van der Waals surface area contributed by atoms with Gasteiger partial charge in [0.05, 0.1) is 30.8 Å². The lowest BCUT2D eigenvalue weighted by atomic mass is 9.92. The molecule has 32 heteroatoms. The molecule has 0 fully saturated rings. The van der Waals surface area contributed by atoms with Gasteiger partial charge in [0.25, 0.3) is 11.1 Å². The fourth-order valence-corrected chi connectivity index (χ4v) is 14.0. The minimum Gasteiger partial charge on any atom is -0.481 e. The van der Waals surface area contributed by atoms with E-state index in [9.17, 15) is 78.3 Å². The van der Waals surface area contributed by atoms with Crippen LogP contribution >= 0.6 is 46.4 Å². The molecule has 2 heterocycles. The zero-order valence-electron chi connectivity index (χ0n) is 68.8. The van der Waals surface area contributed by atoms with E-state index in [0.717, 1.165) is 133 Å². The van der Waals surface area contributed by atoms with Gasteiger partial charge in [0, 0.05) is 117 Å². The van der Waals surface area contributed by atoms with Crippen molar-refractivity contribution >= 4 is 105 Å². The van der Waals surface area contributed by atoms with Crippen LogP contribution in [-0.2, 0) is 109 Å². The Hall–Kier alpha value is -11.2. The lowest BCUT2D eigenvalue weighted by Gasteiger charge is -2.25. The maximum absolute atomic E-state index is 13.8. The van der Waals surface area contributed by atoms with Gasteiger partial charge in [-0.3, -0.25) is 62.7 Å². The number of benzene rings is 8. The van der Waals surface area contributed by atoms with Crippen LogP contribution in [-0.4, -0.2) is 104 Å². The Morgan fingerprint density at radius 2 is 0.756 bits per heavy atom. The molecule has 0 unspecified atom stereocenters. The number of H-pyrrole nitrogens is 2. The number of halogens is 12. The van der Waals surface area contributed by atoms with Gasteiger partial charge in [0.2, 0.25) is 17.7 Å². The van der Waals surface area contributed by atoms with Crippen molar-refractivity contribution in [3.8, 4) is 0 Å². The standard InChI is InChI=1S/C26H26ClF2N3O3.C22H24ClF2NO3.C16H15ClF2N2O.C10H10F2O2.C9H12N2O3.C8H9Cl/c1-31(21-8-6-18(27)7-9-21)26(35)17(10-16-11-19(28)14-20(29)12-16)13-22(33)15-32-24-5-3-2-4-23(24)25(34)30-32;1-22(2,3)29-20(27)12-15(9-14-10-17(24)13-18(25)11-14)21(28)26(4)19-7-5-16(23)6-8-19;1-21(14-4-2-11(17)3-5-14)16(22)15(20)8-10-6-12(18)9-13(19)7-10;1-6(10(13)14)2-7-3-8(11)5-9(12)4-7;12-8(13)5-11-7-4-2-1-3-6(7)9(14)10-11;1-2-7-3-5-8(9)6-4-7/h6-9,11-12,14,17H,2-5,10,13,15H2,1H3,(H,30,34);5-8,10-11,13,15H,9,12H2,1-4H3;2-7,9,15H,8,20H2,1H3;3-6H,2H2,1H3,(H,13,14);1-5H2,(H,10,14)(H,12,13);3-6H,2H2,1H3/t17-;2*15-;6-;;/m1100../s1. The van der Waals surface area contributed by atoms with E-state index in [2.05, 4.69) is 17.1 Å². The van der Waals surface area contributed by atoms with E-state index in [0.29, 0.717) is 56.1 Å². The van der Waals surface area contributed by atoms with Crippen LogP contribution in [0.5, 0.6) is 0 Å². The highest BCUT2D eigenvalue weighted by molar-refractivity contribution is 6.31. The van der Waals surface area contributed by atoms with Gasteiger partial charge in [-0.25, -0.2) is 35.1 Å². The first kappa shape index (κ1) is 98.9. The molecule has 2 aromatic heterocycles. The maximum Gasteiger partial charge on any atom is 0.325 e. The molecule has 12 rings (SSSR count). The number of Topliss-reactive ketones (excluding diaryl/α,β-unsaturated/α-hetero) is 1. The molecule has 10 aromatic rings. The van der Waals surface area contributed by atoms with Crippen molar-refractivity contribution in [1.29, 1.82) is 0 Å². The molecule has 4 atom stereocenters. The first-order chi connectivity index (χ1) is 58.0. The number of anilines is 3. The van der Waals surface area contributed by atoms with Gasteiger partial charge in [0.15, 0.2) is 5.78 Å². The number of esters is 1. The molecule has 2 aliphatic rings. The summed E-state index contributed by atoms with van der Waals surface area (Å²) in [5.41, 5.74) is 12.4. The molecule has 0 spiro atoms. The number of nitrogens with two attached hydrogens (primary N) is 1. The molecule has 3 amide bonds. The topological polar surface area (TPSA) is 280 Å². The van der Waals surface area contributed by atoms with E-state index < -0.39 is 93.8 Å². The molecule has 2 aliphatic carbocycles. The highest BCUT2D eigenvalue weighted by atomic mass is 35.5. The number of ketones is 1. The third-order valence-electron chi connectivity index (χ3n) is 19.5. The van der Waals surface area contributed by atoms with Gasteiger partial charge in [-0.15, -0.1) is 0 Å². The smallest absolute Gasteiger partial charge is 0.325 e. The number of aromatic amines is 2. The van der Waals surface area contributed by atoms with E-state index >= 15 is 0 Å². The summed E-state index contributed by atoms with van der Waals surface area (Å²) in [6.45, 7) is 8.58. The number of fused-ring (bicyclic) bond motifs is 2.